The number of hydrogen-bond donors (Lipinski definition) is 4. The van der Waals surface area contributed by atoms with E-state index in [0.717, 1.165) is 16.7 Å². The molecule has 2 aromatic rings. The first kappa shape index (κ1) is 28.0. The summed E-state index contributed by atoms with van der Waals surface area (Å²) in [6.07, 6.45) is -0.0320. The summed E-state index contributed by atoms with van der Waals surface area (Å²) in [5, 5.41) is 18.8. The number of unbranched alkanes of at least 4 members (excludes halogenated alkanes) is 1. The highest BCUT2D eigenvalue weighted by Crippen LogP contribution is 2.31. The second-order valence-corrected chi connectivity index (χ2v) is 10.1. The van der Waals surface area contributed by atoms with Gasteiger partial charge in [-0.1, -0.05) is 54.6 Å². The molecule has 9 heteroatoms. The van der Waals surface area contributed by atoms with E-state index in [9.17, 15) is 19.5 Å². The molecule has 0 saturated heterocycles. The summed E-state index contributed by atoms with van der Waals surface area (Å²) in [6.45, 7) is 5.79. The van der Waals surface area contributed by atoms with Crippen LogP contribution in [0.15, 0.2) is 54.6 Å². The summed E-state index contributed by atoms with van der Waals surface area (Å²) in [6, 6.07) is 15.6. The summed E-state index contributed by atoms with van der Waals surface area (Å²) in [5.74, 6) is -0.401. The fourth-order valence-corrected chi connectivity index (χ4v) is 4.16. The zero-order valence-corrected chi connectivity index (χ0v) is 21.7. The van der Waals surface area contributed by atoms with Crippen LogP contribution in [0.2, 0.25) is 0 Å². The molecule has 0 aliphatic heterocycles. The number of rotatable bonds is 10. The molecule has 0 saturated carbocycles. The van der Waals surface area contributed by atoms with E-state index < -0.39 is 41.9 Å². The Kier molecular flexibility index (Phi) is 9.91. The van der Waals surface area contributed by atoms with Crippen LogP contribution in [0.4, 0.5) is 9.59 Å². The number of amides is 3. The summed E-state index contributed by atoms with van der Waals surface area (Å²) in [5.41, 5.74) is 2.05. The zero-order valence-electron chi connectivity index (χ0n) is 21.7. The average Bonchev–Trinajstić information content (AvgIpc) is 3.16. The molecule has 3 atom stereocenters. The van der Waals surface area contributed by atoms with Crippen molar-refractivity contribution in [3.05, 3.63) is 71.3 Å². The van der Waals surface area contributed by atoms with Gasteiger partial charge in [0.1, 0.15) is 18.2 Å². The third-order valence-corrected chi connectivity index (χ3v) is 5.91. The third-order valence-electron chi connectivity index (χ3n) is 5.91. The summed E-state index contributed by atoms with van der Waals surface area (Å²) >= 11 is 0. The number of aliphatic hydroxyl groups is 1. The fraction of sp³-hybridized carbons (Fsp3) is 0.464. The van der Waals surface area contributed by atoms with Crippen molar-refractivity contribution < 1.29 is 29.0 Å². The van der Waals surface area contributed by atoms with Crippen molar-refractivity contribution in [1.29, 1.82) is 0 Å². The van der Waals surface area contributed by atoms with Gasteiger partial charge in [0.15, 0.2) is 0 Å². The van der Waals surface area contributed by atoms with E-state index in [4.69, 9.17) is 9.47 Å². The van der Waals surface area contributed by atoms with Crippen LogP contribution >= 0.6 is 0 Å². The maximum atomic E-state index is 13.2. The van der Waals surface area contributed by atoms with E-state index in [1.165, 1.54) is 0 Å². The highest BCUT2D eigenvalue weighted by molar-refractivity contribution is 5.86. The summed E-state index contributed by atoms with van der Waals surface area (Å²) in [4.78, 5) is 37.5. The summed E-state index contributed by atoms with van der Waals surface area (Å²) in [7, 11) is 0. The number of aliphatic hydroxyl groups excluding tert-OH is 1. The monoisotopic (exact) mass is 511 g/mol. The number of carbonyl (C=O) groups excluding carboxylic acids is 3. The van der Waals surface area contributed by atoms with E-state index in [0.29, 0.717) is 32.2 Å². The van der Waals surface area contributed by atoms with Gasteiger partial charge in [-0.3, -0.25) is 4.79 Å². The maximum absolute atomic E-state index is 13.2. The molecule has 0 bridgehead atoms. The van der Waals surface area contributed by atoms with E-state index in [2.05, 4.69) is 16.0 Å². The lowest BCUT2D eigenvalue weighted by Crippen LogP contribution is -2.50. The first-order valence-electron chi connectivity index (χ1n) is 12.6. The van der Waals surface area contributed by atoms with Gasteiger partial charge in [0.2, 0.25) is 5.91 Å². The van der Waals surface area contributed by atoms with Gasteiger partial charge in [-0.15, -0.1) is 0 Å². The molecule has 1 aliphatic carbocycles. The second kappa shape index (κ2) is 13.1. The van der Waals surface area contributed by atoms with Crippen molar-refractivity contribution in [2.75, 3.05) is 6.54 Å². The Labute approximate surface area is 217 Å². The molecule has 4 N–H and O–H groups in total. The lowest BCUT2D eigenvalue weighted by Gasteiger charge is -2.25. The Bertz CT molecular complexity index is 1050. The molecule has 0 fully saturated rings. The predicted molar refractivity (Wildman–Crippen MR) is 139 cm³/mol. The number of hydrogen-bond acceptors (Lipinski definition) is 6. The SMILES string of the molecule is CC(C)(C)OC(=O)N[C@@H](CCCCNC(=O)OCc1ccccc1)C(=O)N[C@H]1c2ccccc2C[C@H]1O. The van der Waals surface area contributed by atoms with E-state index in [1.54, 1.807) is 20.8 Å². The van der Waals surface area contributed by atoms with Crippen molar-refractivity contribution >= 4 is 18.1 Å². The Morgan fingerprint density at radius 1 is 1.00 bits per heavy atom. The van der Waals surface area contributed by atoms with Crippen LogP contribution < -0.4 is 16.0 Å². The Hall–Kier alpha value is -3.59. The smallest absolute Gasteiger partial charge is 0.408 e. The zero-order chi connectivity index (χ0) is 26.8. The first-order chi connectivity index (χ1) is 17.6. The van der Waals surface area contributed by atoms with E-state index >= 15 is 0 Å². The van der Waals surface area contributed by atoms with Gasteiger partial charge in [-0.25, -0.2) is 9.59 Å². The lowest BCUT2D eigenvalue weighted by atomic mass is 10.1. The van der Waals surface area contributed by atoms with Crippen LogP contribution in [0.5, 0.6) is 0 Å². The molecule has 3 rings (SSSR count). The van der Waals surface area contributed by atoms with Gasteiger partial charge in [-0.2, -0.15) is 0 Å². The van der Waals surface area contributed by atoms with Gasteiger partial charge in [0, 0.05) is 13.0 Å². The van der Waals surface area contributed by atoms with Gasteiger partial charge < -0.3 is 30.5 Å². The minimum absolute atomic E-state index is 0.185. The van der Waals surface area contributed by atoms with Crippen LogP contribution in [0.25, 0.3) is 0 Å². The van der Waals surface area contributed by atoms with Gasteiger partial charge in [0.25, 0.3) is 0 Å². The highest BCUT2D eigenvalue weighted by Gasteiger charge is 2.34. The number of ether oxygens (including phenoxy) is 2. The standard InChI is InChI=1S/C28H37N3O6/c1-28(2,3)37-27(35)30-22(25(33)31-24-21-14-8-7-13-20(21)17-23(24)32)15-9-10-16-29-26(34)36-18-19-11-5-4-6-12-19/h4-8,11-14,22-24,32H,9-10,15-18H2,1-3H3,(H,29,34)(H,30,35)(H,31,33)/t22-,23+,24-/m0/s1. The van der Waals surface area contributed by atoms with Gasteiger partial charge >= 0.3 is 12.2 Å². The van der Waals surface area contributed by atoms with Gasteiger partial charge in [-0.05, 0) is 56.7 Å². The minimum Gasteiger partial charge on any atom is -0.445 e. The topological polar surface area (TPSA) is 126 Å². The first-order valence-corrected chi connectivity index (χ1v) is 12.6. The van der Waals surface area contributed by atoms with E-state index in [-0.39, 0.29) is 6.61 Å². The molecule has 0 aromatic heterocycles. The van der Waals surface area contributed by atoms with E-state index in [1.807, 2.05) is 54.6 Å². The largest absolute Gasteiger partial charge is 0.445 e. The third kappa shape index (κ3) is 9.09. The second-order valence-electron chi connectivity index (χ2n) is 10.1. The predicted octanol–water partition coefficient (Wildman–Crippen LogP) is 3.75. The molecule has 0 spiro atoms. The number of benzene rings is 2. The molecule has 200 valence electrons. The summed E-state index contributed by atoms with van der Waals surface area (Å²) < 4.78 is 10.5. The molecule has 1 aliphatic rings. The van der Waals surface area contributed by atoms with Crippen molar-refractivity contribution in [3.63, 3.8) is 0 Å². The minimum atomic E-state index is -0.861. The fourth-order valence-electron chi connectivity index (χ4n) is 4.16. The van der Waals surface area contributed by atoms with Crippen LogP contribution in [-0.4, -0.2) is 47.5 Å². The molecular weight excluding hydrogens is 474 g/mol. The quantitative estimate of drug-likeness (QED) is 0.360. The molecule has 0 unspecified atom stereocenters. The number of carbonyl (C=O) groups is 3. The normalized spacial score (nSPS) is 17.3. The van der Waals surface area contributed by atoms with Crippen LogP contribution in [0.1, 0.15) is 62.8 Å². The van der Waals surface area contributed by atoms with Crippen molar-refractivity contribution in [2.24, 2.45) is 0 Å². The maximum Gasteiger partial charge on any atom is 0.408 e. The average molecular weight is 512 g/mol. The molecule has 37 heavy (non-hydrogen) atoms. The Balaban J connectivity index is 1.50. The molecule has 2 aromatic carbocycles. The van der Waals surface area contributed by atoms with Crippen molar-refractivity contribution in [3.8, 4) is 0 Å². The van der Waals surface area contributed by atoms with Crippen LogP contribution in [-0.2, 0) is 27.3 Å². The van der Waals surface area contributed by atoms with Crippen LogP contribution in [0.3, 0.4) is 0 Å². The number of alkyl carbamates (subject to hydrolysis) is 2. The lowest BCUT2D eigenvalue weighted by molar-refractivity contribution is -0.125. The van der Waals surface area contributed by atoms with Crippen molar-refractivity contribution in [2.45, 2.75) is 76.9 Å². The molecule has 0 radical (unpaired) electrons. The Morgan fingerprint density at radius 3 is 2.43 bits per heavy atom. The molecule has 0 heterocycles. The highest BCUT2D eigenvalue weighted by atomic mass is 16.6. The van der Waals surface area contributed by atoms with Crippen LogP contribution in [0, 0.1) is 0 Å². The molecular formula is C28H37N3O6. The van der Waals surface area contributed by atoms with Gasteiger partial charge in [0.05, 0.1) is 12.1 Å². The number of nitrogens with one attached hydrogen (secondary N) is 3. The Morgan fingerprint density at radius 2 is 1.70 bits per heavy atom. The molecule has 9 nitrogen and oxygen atoms in total. The van der Waals surface area contributed by atoms with Crippen molar-refractivity contribution in [1.82, 2.24) is 16.0 Å². The molecule has 3 amide bonds. The number of fused-ring (bicyclic) bond motifs is 1.